The van der Waals surface area contributed by atoms with E-state index >= 15 is 0 Å². The van der Waals surface area contributed by atoms with Gasteiger partial charge in [-0.3, -0.25) is 9.59 Å². The summed E-state index contributed by atoms with van der Waals surface area (Å²) >= 11 is 0. The van der Waals surface area contributed by atoms with Crippen LogP contribution in [0.25, 0.3) is 5.57 Å². The molecule has 1 atom stereocenters. The summed E-state index contributed by atoms with van der Waals surface area (Å²) in [4.78, 5) is 27.0. The fourth-order valence-electron chi connectivity index (χ4n) is 3.70. The van der Waals surface area contributed by atoms with Gasteiger partial charge in [-0.25, -0.2) is 4.39 Å². The Morgan fingerprint density at radius 2 is 1.96 bits per heavy atom. The van der Waals surface area contributed by atoms with Gasteiger partial charge < -0.3 is 15.0 Å². The number of pyridine rings is 1. The van der Waals surface area contributed by atoms with Gasteiger partial charge in [0.05, 0.1) is 5.69 Å². The molecule has 1 saturated carbocycles. The van der Waals surface area contributed by atoms with Crippen LogP contribution in [0.4, 0.5) is 4.39 Å². The summed E-state index contributed by atoms with van der Waals surface area (Å²) in [6.07, 6.45) is 5.11. The Hall–Kier alpha value is -2.89. The summed E-state index contributed by atoms with van der Waals surface area (Å²) in [5, 5.41) is 2.91. The average molecular weight is 352 g/mol. The van der Waals surface area contributed by atoms with E-state index in [4.69, 9.17) is 4.74 Å². The first-order valence-electron chi connectivity index (χ1n) is 8.85. The van der Waals surface area contributed by atoms with E-state index in [1.165, 1.54) is 12.1 Å². The van der Waals surface area contributed by atoms with E-state index < -0.39 is 0 Å². The molecular formula is C20H17FN2O3. The number of rotatable bonds is 2. The number of hydrogen-bond acceptors (Lipinski definition) is 3. The number of ether oxygens (including phenoxy) is 1. The first kappa shape index (κ1) is 15.4. The first-order valence-corrected chi connectivity index (χ1v) is 8.85. The summed E-state index contributed by atoms with van der Waals surface area (Å²) in [5.74, 6) is 0.855. The van der Waals surface area contributed by atoms with Crippen molar-refractivity contribution < 1.29 is 13.9 Å². The third-order valence-corrected chi connectivity index (χ3v) is 5.17. The van der Waals surface area contributed by atoms with Crippen molar-refractivity contribution in [2.45, 2.75) is 37.6 Å². The van der Waals surface area contributed by atoms with Crippen molar-refractivity contribution >= 4 is 11.5 Å². The molecule has 1 aromatic heterocycles. The summed E-state index contributed by atoms with van der Waals surface area (Å²) in [7, 11) is 0. The number of hydrogen-bond donors (Lipinski definition) is 2. The van der Waals surface area contributed by atoms with Crippen molar-refractivity contribution in [3.05, 3.63) is 63.3 Å². The quantitative estimate of drug-likeness (QED) is 0.744. The molecule has 0 bridgehead atoms. The third kappa shape index (κ3) is 2.53. The maximum Gasteiger partial charge on any atom is 0.252 e. The van der Waals surface area contributed by atoms with Crippen LogP contribution in [0.15, 0.2) is 35.1 Å². The zero-order valence-corrected chi connectivity index (χ0v) is 14.0. The van der Waals surface area contributed by atoms with Gasteiger partial charge >= 0.3 is 0 Å². The Kier molecular flexibility index (Phi) is 3.29. The lowest BCUT2D eigenvalue weighted by Crippen LogP contribution is -2.24. The number of carbonyl (C=O) groups is 1. The number of aromatic nitrogens is 1. The molecule has 1 saturated heterocycles. The highest BCUT2D eigenvalue weighted by Crippen LogP contribution is 2.45. The van der Waals surface area contributed by atoms with Crippen molar-refractivity contribution in [3.63, 3.8) is 0 Å². The van der Waals surface area contributed by atoms with Crippen LogP contribution in [-0.2, 0) is 4.79 Å². The lowest BCUT2D eigenvalue weighted by molar-refractivity contribution is -0.119. The van der Waals surface area contributed by atoms with Crippen molar-refractivity contribution in [2.24, 2.45) is 0 Å². The van der Waals surface area contributed by atoms with Crippen LogP contribution in [0.3, 0.4) is 0 Å². The molecule has 2 N–H and O–H groups in total. The molecule has 26 heavy (non-hydrogen) atoms. The second-order valence-corrected chi connectivity index (χ2v) is 7.10. The number of benzene rings is 1. The standard InChI is InChI=1S/C20H17FN2O3/c21-11-3-5-13-15(8-12-4-6-18(24)22-12)19-17(26-16(13)7-11)9-14(10-1-2-10)20(25)23-19/h3,5,7-10,12H,1-2,4,6H2,(H,22,24)(H,23,25)/b15-8+/t12-/m1/s1. The Balaban J connectivity index is 1.68. The summed E-state index contributed by atoms with van der Waals surface area (Å²) in [5.41, 5.74) is 2.65. The molecule has 3 heterocycles. The summed E-state index contributed by atoms with van der Waals surface area (Å²) in [6, 6.07) is 6.02. The second-order valence-electron chi connectivity index (χ2n) is 7.10. The van der Waals surface area contributed by atoms with Crippen LogP contribution in [-0.4, -0.2) is 16.9 Å². The molecule has 2 fully saturated rings. The predicted octanol–water partition coefficient (Wildman–Crippen LogP) is 3.21. The lowest BCUT2D eigenvalue weighted by Gasteiger charge is -2.24. The van der Waals surface area contributed by atoms with Gasteiger partial charge in [0.2, 0.25) is 5.91 Å². The van der Waals surface area contributed by atoms with E-state index in [9.17, 15) is 14.0 Å². The maximum atomic E-state index is 13.7. The number of amides is 1. The number of carbonyl (C=O) groups excluding carboxylic acids is 1. The molecule has 3 aliphatic rings. The fraction of sp³-hybridized carbons (Fsp3) is 0.300. The van der Waals surface area contributed by atoms with E-state index in [-0.39, 0.29) is 29.2 Å². The summed E-state index contributed by atoms with van der Waals surface area (Å²) < 4.78 is 19.6. The average Bonchev–Trinajstić information content (AvgIpc) is 3.37. The molecule has 6 heteroatoms. The van der Waals surface area contributed by atoms with Crippen molar-refractivity contribution in [1.29, 1.82) is 0 Å². The van der Waals surface area contributed by atoms with Gasteiger partial charge in [0.15, 0.2) is 5.75 Å². The molecule has 1 aromatic carbocycles. The minimum Gasteiger partial charge on any atom is -0.454 e. The van der Waals surface area contributed by atoms with E-state index in [1.54, 1.807) is 12.1 Å². The van der Waals surface area contributed by atoms with Crippen LogP contribution in [0.1, 0.15) is 48.4 Å². The lowest BCUT2D eigenvalue weighted by atomic mass is 9.94. The normalized spacial score (nSPS) is 22.6. The van der Waals surface area contributed by atoms with E-state index in [2.05, 4.69) is 10.3 Å². The van der Waals surface area contributed by atoms with Gasteiger partial charge in [0.25, 0.3) is 5.56 Å². The number of H-pyrrole nitrogens is 1. The van der Waals surface area contributed by atoms with Crippen LogP contribution < -0.4 is 15.6 Å². The Morgan fingerprint density at radius 3 is 2.69 bits per heavy atom. The molecular weight excluding hydrogens is 335 g/mol. The van der Waals surface area contributed by atoms with Gasteiger partial charge in [-0.05, 0) is 43.4 Å². The van der Waals surface area contributed by atoms with Crippen LogP contribution in [0.2, 0.25) is 0 Å². The molecule has 2 aliphatic heterocycles. The second kappa shape index (κ2) is 5.56. The Bertz CT molecular complexity index is 1020. The number of fused-ring (bicyclic) bond motifs is 2. The van der Waals surface area contributed by atoms with Gasteiger partial charge in [-0.15, -0.1) is 0 Å². The van der Waals surface area contributed by atoms with Crippen LogP contribution >= 0.6 is 0 Å². The van der Waals surface area contributed by atoms with Gasteiger partial charge in [0.1, 0.15) is 11.6 Å². The van der Waals surface area contributed by atoms with Crippen molar-refractivity contribution in [1.82, 2.24) is 10.3 Å². The van der Waals surface area contributed by atoms with E-state index in [1.807, 2.05) is 6.08 Å². The monoisotopic (exact) mass is 352 g/mol. The number of aromatic amines is 1. The maximum absolute atomic E-state index is 13.7. The molecule has 5 rings (SSSR count). The first-order chi connectivity index (χ1) is 12.6. The van der Waals surface area contributed by atoms with Gasteiger partial charge in [-0.1, -0.05) is 6.08 Å². The predicted molar refractivity (Wildman–Crippen MR) is 93.8 cm³/mol. The number of nitrogens with one attached hydrogen (secondary N) is 2. The topological polar surface area (TPSA) is 71.2 Å². The zero-order chi connectivity index (χ0) is 17.8. The molecule has 1 amide bonds. The largest absolute Gasteiger partial charge is 0.454 e. The SMILES string of the molecule is O=C1CC[C@H](/C=C2\c3ccc(F)cc3Oc3cc(C4CC4)c(=O)[nH]c32)N1. The van der Waals surface area contributed by atoms with Crippen molar-refractivity contribution in [3.8, 4) is 11.5 Å². The Morgan fingerprint density at radius 1 is 1.12 bits per heavy atom. The smallest absolute Gasteiger partial charge is 0.252 e. The minimum absolute atomic E-state index is 0.0102. The molecule has 0 spiro atoms. The van der Waals surface area contributed by atoms with E-state index in [0.29, 0.717) is 35.6 Å². The highest BCUT2D eigenvalue weighted by molar-refractivity contribution is 5.87. The van der Waals surface area contributed by atoms with Gasteiger partial charge in [-0.2, -0.15) is 0 Å². The molecule has 132 valence electrons. The molecule has 5 nitrogen and oxygen atoms in total. The van der Waals surface area contributed by atoms with Crippen LogP contribution in [0.5, 0.6) is 11.5 Å². The third-order valence-electron chi connectivity index (χ3n) is 5.17. The van der Waals surface area contributed by atoms with Crippen LogP contribution in [0, 0.1) is 5.82 Å². The van der Waals surface area contributed by atoms with E-state index in [0.717, 1.165) is 24.0 Å². The minimum atomic E-state index is -0.382. The molecule has 1 aliphatic carbocycles. The highest BCUT2D eigenvalue weighted by Gasteiger charge is 2.31. The molecule has 0 unspecified atom stereocenters. The molecule has 0 radical (unpaired) electrons. The number of halogens is 1. The fourth-order valence-corrected chi connectivity index (χ4v) is 3.70. The van der Waals surface area contributed by atoms with Crippen molar-refractivity contribution in [2.75, 3.05) is 0 Å². The Labute approximate surface area is 148 Å². The summed E-state index contributed by atoms with van der Waals surface area (Å²) in [6.45, 7) is 0. The zero-order valence-electron chi connectivity index (χ0n) is 14.0. The van der Waals surface area contributed by atoms with Gasteiger partial charge in [0, 0.05) is 35.2 Å². The molecule has 2 aromatic rings. The highest BCUT2D eigenvalue weighted by atomic mass is 19.1.